The molecular formula is C19H17FN4O3S. The number of halogens is 1. The molecule has 2 aromatic heterocycles. The van der Waals surface area contributed by atoms with Crippen molar-refractivity contribution in [3.8, 4) is 5.75 Å². The van der Waals surface area contributed by atoms with E-state index in [9.17, 15) is 14.0 Å². The molecule has 1 aromatic carbocycles. The first kappa shape index (κ1) is 19.6. The normalized spacial score (nSPS) is 10.5. The van der Waals surface area contributed by atoms with Gasteiger partial charge in [0, 0.05) is 35.6 Å². The summed E-state index contributed by atoms with van der Waals surface area (Å²) in [6, 6.07) is 8.76. The van der Waals surface area contributed by atoms with Crippen LogP contribution in [0.3, 0.4) is 0 Å². The van der Waals surface area contributed by atoms with Crippen LogP contribution in [0, 0.1) is 5.82 Å². The molecule has 1 N–H and O–H groups in total. The molecule has 2 heterocycles. The first-order chi connectivity index (χ1) is 13.5. The zero-order chi connectivity index (χ0) is 19.9. The number of anilines is 1. The van der Waals surface area contributed by atoms with Crippen LogP contribution in [0.25, 0.3) is 0 Å². The highest BCUT2D eigenvalue weighted by Gasteiger charge is 2.12. The topological polar surface area (TPSA) is 86.1 Å². The summed E-state index contributed by atoms with van der Waals surface area (Å²) in [5.74, 6) is -0.291. The van der Waals surface area contributed by atoms with Gasteiger partial charge in [-0.25, -0.2) is 14.4 Å². The van der Waals surface area contributed by atoms with E-state index in [1.54, 1.807) is 29.1 Å². The van der Waals surface area contributed by atoms with Gasteiger partial charge in [-0.2, -0.15) is 0 Å². The molecule has 0 fully saturated rings. The number of hydrogen-bond acceptors (Lipinski definition) is 6. The van der Waals surface area contributed by atoms with E-state index >= 15 is 0 Å². The van der Waals surface area contributed by atoms with E-state index in [0.29, 0.717) is 22.3 Å². The fraction of sp³-hybridized carbons (Fsp3) is 0.158. The Balaban J connectivity index is 1.79. The molecule has 0 aliphatic rings. The molecule has 0 aliphatic carbocycles. The van der Waals surface area contributed by atoms with Gasteiger partial charge < -0.3 is 14.6 Å². The minimum absolute atomic E-state index is 0.0707. The zero-order valence-electron chi connectivity index (χ0n) is 15.0. The molecule has 7 nitrogen and oxygen atoms in total. The Hall–Kier alpha value is -3.20. The highest BCUT2D eigenvalue weighted by atomic mass is 32.2. The predicted octanol–water partition coefficient (Wildman–Crippen LogP) is 2.72. The van der Waals surface area contributed by atoms with Gasteiger partial charge in [0.2, 0.25) is 11.3 Å². The van der Waals surface area contributed by atoms with Gasteiger partial charge in [-0.15, -0.1) is 0 Å². The maximum Gasteiger partial charge on any atom is 0.244 e. The maximum atomic E-state index is 13.3. The monoisotopic (exact) mass is 400 g/mol. The summed E-state index contributed by atoms with van der Waals surface area (Å²) in [5.41, 5.74) is 0.679. The van der Waals surface area contributed by atoms with E-state index in [2.05, 4.69) is 15.3 Å². The molecule has 3 aromatic rings. The quantitative estimate of drug-likeness (QED) is 0.485. The minimum Gasteiger partial charge on any atom is -0.491 e. The average molecular weight is 400 g/mol. The molecule has 0 spiro atoms. The molecule has 0 atom stereocenters. The van der Waals surface area contributed by atoms with Gasteiger partial charge in [0.15, 0.2) is 10.9 Å². The molecular weight excluding hydrogens is 383 g/mol. The van der Waals surface area contributed by atoms with Gasteiger partial charge in [0.25, 0.3) is 0 Å². The van der Waals surface area contributed by atoms with Gasteiger partial charge in [0.1, 0.15) is 12.4 Å². The number of rotatable bonds is 7. The highest BCUT2D eigenvalue weighted by Crippen LogP contribution is 2.19. The number of hydrogen-bond donors (Lipinski definition) is 1. The Morgan fingerprint density at radius 1 is 1.25 bits per heavy atom. The van der Waals surface area contributed by atoms with E-state index in [0.717, 1.165) is 0 Å². The van der Waals surface area contributed by atoms with Gasteiger partial charge in [-0.3, -0.25) is 9.59 Å². The van der Waals surface area contributed by atoms with Gasteiger partial charge >= 0.3 is 0 Å². The van der Waals surface area contributed by atoms with Crippen LogP contribution in [-0.4, -0.2) is 27.6 Å². The summed E-state index contributed by atoms with van der Waals surface area (Å²) >= 11 is 1.34. The third-order valence-corrected chi connectivity index (χ3v) is 4.63. The third kappa shape index (κ3) is 5.17. The summed E-state index contributed by atoms with van der Waals surface area (Å²) in [7, 11) is 1.39. The number of ether oxygens (including phenoxy) is 1. The Kier molecular flexibility index (Phi) is 6.38. The summed E-state index contributed by atoms with van der Waals surface area (Å²) in [5, 5.41) is 3.19. The largest absolute Gasteiger partial charge is 0.491 e. The van der Waals surface area contributed by atoms with E-state index in [-0.39, 0.29) is 23.6 Å². The second-order valence-electron chi connectivity index (χ2n) is 5.70. The number of nitrogens with zero attached hydrogens (tertiary/aromatic N) is 3. The number of carbonyl (C=O) groups excluding carboxylic acids is 1. The SMILES string of the molecule is COc1cn(CC(=O)Nc2cccc(F)c2)c(CSc2ncccn2)cc1=O. The van der Waals surface area contributed by atoms with Crippen LogP contribution >= 0.6 is 11.8 Å². The fourth-order valence-electron chi connectivity index (χ4n) is 2.44. The van der Waals surface area contributed by atoms with E-state index in [1.165, 1.54) is 49.3 Å². The van der Waals surface area contributed by atoms with Crippen molar-refractivity contribution in [3.05, 3.63) is 76.7 Å². The van der Waals surface area contributed by atoms with Crippen molar-refractivity contribution in [3.63, 3.8) is 0 Å². The molecule has 0 bridgehead atoms. The Bertz CT molecular complexity index is 1030. The van der Waals surface area contributed by atoms with Crippen LogP contribution in [-0.2, 0) is 17.1 Å². The number of benzene rings is 1. The lowest BCUT2D eigenvalue weighted by molar-refractivity contribution is -0.116. The standard InChI is InChI=1S/C19H17FN4O3S/c1-27-17-10-24(11-18(26)23-14-5-2-4-13(20)8-14)15(9-16(17)25)12-28-19-21-6-3-7-22-19/h2-10H,11-12H2,1H3,(H,23,26). The molecule has 144 valence electrons. The van der Waals surface area contributed by atoms with Crippen LogP contribution in [0.1, 0.15) is 5.69 Å². The zero-order valence-corrected chi connectivity index (χ0v) is 15.8. The van der Waals surface area contributed by atoms with Crippen LogP contribution in [0.15, 0.2) is 64.9 Å². The fourth-order valence-corrected chi connectivity index (χ4v) is 3.24. The number of aromatic nitrogens is 3. The van der Waals surface area contributed by atoms with Gasteiger partial charge in [0.05, 0.1) is 13.3 Å². The lowest BCUT2D eigenvalue weighted by atomic mass is 10.3. The highest BCUT2D eigenvalue weighted by molar-refractivity contribution is 7.98. The number of amides is 1. The number of methoxy groups -OCH3 is 1. The first-order valence-electron chi connectivity index (χ1n) is 8.28. The Morgan fingerprint density at radius 2 is 2.04 bits per heavy atom. The lowest BCUT2D eigenvalue weighted by Crippen LogP contribution is -2.22. The van der Waals surface area contributed by atoms with Crippen molar-refractivity contribution in [2.24, 2.45) is 0 Å². The van der Waals surface area contributed by atoms with Crippen LogP contribution in [0.4, 0.5) is 10.1 Å². The van der Waals surface area contributed by atoms with Gasteiger partial charge in [-0.1, -0.05) is 17.8 Å². The minimum atomic E-state index is -0.442. The van der Waals surface area contributed by atoms with Crippen LogP contribution in [0.2, 0.25) is 0 Å². The molecule has 3 rings (SSSR count). The number of nitrogens with one attached hydrogen (secondary N) is 1. The van der Waals surface area contributed by atoms with Crippen molar-refractivity contribution >= 4 is 23.4 Å². The Morgan fingerprint density at radius 3 is 2.75 bits per heavy atom. The van der Waals surface area contributed by atoms with Crippen molar-refractivity contribution in [2.45, 2.75) is 17.5 Å². The molecule has 9 heteroatoms. The predicted molar refractivity (Wildman–Crippen MR) is 104 cm³/mol. The summed E-state index contributed by atoms with van der Waals surface area (Å²) < 4.78 is 20.0. The Labute approximate surface area is 164 Å². The molecule has 0 saturated heterocycles. The molecule has 0 radical (unpaired) electrons. The number of thioether (sulfide) groups is 1. The molecule has 0 saturated carbocycles. The molecule has 0 aliphatic heterocycles. The second kappa shape index (κ2) is 9.14. The number of pyridine rings is 1. The van der Waals surface area contributed by atoms with Crippen molar-refractivity contribution in [1.82, 2.24) is 14.5 Å². The van der Waals surface area contributed by atoms with Crippen molar-refractivity contribution < 1.29 is 13.9 Å². The second-order valence-corrected chi connectivity index (χ2v) is 6.65. The smallest absolute Gasteiger partial charge is 0.244 e. The van der Waals surface area contributed by atoms with Crippen molar-refractivity contribution in [2.75, 3.05) is 12.4 Å². The maximum absolute atomic E-state index is 13.3. The van der Waals surface area contributed by atoms with Crippen LogP contribution < -0.4 is 15.5 Å². The summed E-state index contributed by atoms with van der Waals surface area (Å²) in [6.07, 6.45) is 4.74. The van der Waals surface area contributed by atoms with E-state index < -0.39 is 5.82 Å². The lowest BCUT2D eigenvalue weighted by Gasteiger charge is -2.14. The summed E-state index contributed by atoms with van der Waals surface area (Å²) in [6.45, 7) is -0.0707. The van der Waals surface area contributed by atoms with Gasteiger partial charge in [-0.05, 0) is 24.3 Å². The number of carbonyl (C=O) groups is 1. The first-order valence-corrected chi connectivity index (χ1v) is 9.26. The van der Waals surface area contributed by atoms with E-state index in [1.807, 2.05) is 0 Å². The molecule has 28 heavy (non-hydrogen) atoms. The molecule has 1 amide bonds. The average Bonchev–Trinajstić information content (AvgIpc) is 2.68. The van der Waals surface area contributed by atoms with Crippen LogP contribution in [0.5, 0.6) is 5.75 Å². The molecule has 0 unspecified atom stereocenters. The van der Waals surface area contributed by atoms with E-state index in [4.69, 9.17) is 4.74 Å². The summed E-state index contributed by atoms with van der Waals surface area (Å²) in [4.78, 5) is 32.8. The van der Waals surface area contributed by atoms with Crippen molar-refractivity contribution in [1.29, 1.82) is 0 Å². The third-order valence-electron chi connectivity index (χ3n) is 3.72.